The smallest absolute Gasteiger partial charge is 0.321 e. The van der Waals surface area contributed by atoms with Crippen molar-refractivity contribution in [2.45, 2.75) is 18.7 Å². The molecule has 0 aliphatic carbocycles. The van der Waals surface area contributed by atoms with Crippen LogP contribution in [0.2, 0.25) is 0 Å². The van der Waals surface area contributed by atoms with Gasteiger partial charge in [0.25, 0.3) is 5.91 Å². The fourth-order valence-corrected chi connectivity index (χ4v) is 4.00. The SMILES string of the molecule is CCN1C(=O)/C(=C\Nc2ccc(OCCN(C)C)cc2)SC1CC(C#N)C(=O)O. The van der Waals surface area contributed by atoms with Gasteiger partial charge in [-0.1, -0.05) is 11.8 Å². The topological polar surface area (TPSA) is 106 Å². The number of amides is 1. The van der Waals surface area contributed by atoms with Gasteiger partial charge in [-0.3, -0.25) is 9.59 Å². The molecule has 1 fully saturated rings. The number of likely N-dealkylation sites (N-methyl/N-ethyl adjacent to an activating group) is 2. The minimum atomic E-state index is -1.17. The number of carboxylic acids is 1. The van der Waals surface area contributed by atoms with E-state index in [0.29, 0.717) is 18.1 Å². The summed E-state index contributed by atoms with van der Waals surface area (Å²) in [5.74, 6) is -1.70. The van der Waals surface area contributed by atoms with Crippen LogP contribution < -0.4 is 10.1 Å². The number of carbonyl (C=O) groups excluding carboxylic acids is 1. The molecule has 2 unspecified atom stereocenters. The molecule has 1 aliphatic rings. The molecule has 1 saturated heterocycles. The van der Waals surface area contributed by atoms with Crippen LogP contribution in [0.3, 0.4) is 0 Å². The summed E-state index contributed by atoms with van der Waals surface area (Å²) in [6.07, 6.45) is 1.71. The number of nitriles is 1. The summed E-state index contributed by atoms with van der Waals surface area (Å²) < 4.78 is 5.65. The third kappa shape index (κ3) is 6.41. The third-order valence-electron chi connectivity index (χ3n) is 4.35. The normalized spacial score (nSPS) is 18.7. The van der Waals surface area contributed by atoms with E-state index in [0.717, 1.165) is 18.0 Å². The van der Waals surface area contributed by atoms with Crippen molar-refractivity contribution in [2.75, 3.05) is 39.1 Å². The summed E-state index contributed by atoms with van der Waals surface area (Å²) in [5, 5.41) is 20.9. The number of hydrogen-bond donors (Lipinski definition) is 2. The average Bonchev–Trinajstić information content (AvgIpc) is 2.99. The van der Waals surface area contributed by atoms with Gasteiger partial charge >= 0.3 is 5.97 Å². The lowest BCUT2D eigenvalue weighted by molar-refractivity contribution is -0.140. The molecule has 29 heavy (non-hydrogen) atoms. The van der Waals surface area contributed by atoms with Crippen molar-refractivity contribution >= 4 is 29.3 Å². The lowest BCUT2D eigenvalue weighted by atomic mass is 10.1. The summed E-state index contributed by atoms with van der Waals surface area (Å²) in [7, 11) is 3.97. The zero-order valence-corrected chi connectivity index (χ0v) is 17.6. The van der Waals surface area contributed by atoms with E-state index in [1.54, 1.807) is 17.2 Å². The second kappa shape index (κ2) is 10.7. The zero-order valence-electron chi connectivity index (χ0n) is 16.8. The molecule has 8 nitrogen and oxygen atoms in total. The van der Waals surface area contributed by atoms with E-state index in [1.807, 2.05) is 50.2 Å². The Balaban J connectivity index is 1.98. The quantitative estimate of drug-likeness (QED) is 0.558. The Morgan fingerprint density at radius 2 is 2.14 bits per heavy atom. The second-order valence-electron chi connectivity index (χ2n) is 6.75. The highest BCUT2D eigenvalue weighted by atomic mass is 32.2. The number of hydrogen-bond acceptors (Lipinski definition) is 7. The number of thioether (sulfide) groups is 1. The fraction of sp³-hybridized carbons (Fsp3) is 0.450. The van der Waals surface area contributed by atoms with Gasteiger partial charge in [0.05, 0.1) is 16.3 Å². The monoisotopic (exact) mass is 418 g/mol. The highest BCUT2D eigenvalue weighted by Crippen LogP contribution is 2.38. The van der Waals surface area contributed by atoms with E-state index < -0.39 is 11.9 Å². The molecule has 0 radical (unpaired) electrons. The number of rotatable bonds is 10. The first-order chi connectivity index (χ1) is 13.8. The average molecular weight is 419 g/mol. The van der Waals surface area contributed by atoms with Gasteiger partial charge in [-0.05, 0) is 45.3 Å². The van der Waals surface area contributed by atoms with Crippen LogP contribution in [-0.2, 0) is 9.59 Å². The van der Waals surface area contributed by atoms with Crippen LogP contribution in [0, 0.1) is 17.2 Å². The molecule has 9 heteroatoms. The molecule has 2 rings (SSSR count). The maximum atomic E-state index is 12.6. The predicted molar refractivity (Wildman–Crippen MR) is 112 cm³/mol. The van der Waals surface area contributed by atoms with Gasteiger partial charge in [-0.15, -0.1) is 0 Å². The van der Waals surface area contributed by atoms with Crippen LogP contribution >= 0.6 is 11.8 Å². The number of carbonyl (C=O) groups is 2. The number of anilines is 1. The number of nitrogens with zero attached hydrogens (tertiary/aromatic N) is 3. The fourth-order valence-electron chi connectivity index (χ4n) is 2.70. The molecule has 0 saturated carbocycles. The van der Waals surface area contributed by atoms with Crippen LogP contribution in [0.5, 0.6) is 5.75 Å². The molecule has 0 aromatic heterocycles. The molecule has 1 aromatic rings. The van der Waals surface area contributed by atoms with Crippen molar-refractivity contribution in [3.05, 3.63) is 35.4 Å². The van der Waals surface area contributed by atoms with Crippen LogP contribution in [0.25, 0.3) is 0 Å². The summed E-state index contributed by atoms with van der Waals surface area (Å²) in [6, 6.07) is 9.21. The molecule has 1 aliphatic heterocycles. The standard InChI is InChI=1S/C20H26N4O4S/c1-4-24-18(11-14(12-21)20(26)27)29-17(19(24)25)13-22-15-5-7-16(8-6-15)28-10-9-23(2)3/h5-8,13-14,18,22H,4,9-11H2,1-3H3,(H,26,27)/b17-13+. The predicted octanol–water partition coefficient (Wildman–Crippen LogP) is 2.42. The number of nitrogens with one attached hydrogen (secondary N) is 1. The van der Waals surface area contributed by atoms with Crippen molar-refractivity contribution in [1.29, 1.82) is 5.26 Å². The third-order valence-corrected chi connectivity index (χ3v) is 5.61. The van der Waals surface area contributed by atoms with E-state index in [2.05, 4.69) is 5.32 Å². The van der Waals surface area contributed by atoms with E-state index >= 15 is 0 Å². The van der Waals surface area contributed by atoms with Gasteiger partial charge < -0.3 is 25.0 Å². The molecular weight excluding hydrogens is 392 g/mol. The van der Waals surface area contributed by atoms with E-state index in [1.165, 1.54) is 11.8 Å². The van der Waals surface area contributed by atoms with Gasteiger partial charge in [0.15, 0.2) is 0 Å². The molecule has 1 amide bonds. The Morgan fingerprint density at radius 3 is 2.69 bits per heavy atom. The van der Waals surface area contributed by atoms with Crippen molar-refractivity contribution in [1.82, 2.24) is 9.80 Å². The first-order valence-electron chi connectivity index (χ1n) is 9.30. The van der Waals surface area contributed by atoms with Crippen LogP contribution in [-0.4, -0.2) is 65.9 Å². The summed E-state index contributed by atoms with van der Waals surface area (Å²) in [4.78, 5) is 27.8. The lowest BCUT2D eigenvalue weighted by Gasteiger charge is -2.22. The number of carboxylic acid groups (broad SMARTS) is 1. The first-order valence-corrected chi connectivity index (χ1v) is 10.2. The molecule has 156 valence electrons. The van der Waals surface area contributed by atoms with Crippen LogP contribution in [0.1, 0.15) is 13.3 Å². The summed E-state index contributed by atoms with van der Waals surface area (Å²) in [6.45, 7) is 3.71. The van der Waals surface area contributed by atoms with Crippen molar-refractivity contribution in [3.63, 3.8) is 0 Å². The van der Waals surface area contributed by atoms with Gasteiger partial charge in [0.2, 0.25) is 0 Å². The maximum absolute atomic E-state index is 12.6. The van der Waals surface area contributed by atoms with E-state index in [9.17, 15) is 9.59 Å². The van der Waals surface area contributed by atoms with E-state index in [4.69, 9.17) is 15.1 Å². The Kier molecular flexibility index (Phi) is 8.36. The zero-order chi connectivity index (χ0) is 21.4. The van der Waals surface area contributed by atoms with Gasteiger partial charge in [0.1, 0.15) is 18.3 Å². The van der Waals surface area contributed by atoms with Crippen molar-refractivity contribution in [2.24, 2.45) is 5.92 Å². The Hall–Kier alpha value is -2.70. The van der Waals surface area contributed by atoms with Crippen molar-refractivity contribution in [3.8, 4) is 11.8 Å². The van der Waals surface area contributed by atoms with Crippen molar-refractivity contribution < 1.29 is 19.4 Å². The van der Waals surface area contributed by atoms with Gasteiger partial charge in [0, 0.05) is 31.4 Å². The van der Waals surface area contributed by atoms with Gasteiger partial charge in [-0.25, -0.2) is 0 Å². The van der Waals surface area contributed by atoms with Gasteiger partial charge in [-0.2, -0.15) is 5.26 Å². The Bertz CT molecular complexity index is 789. The lowest BCUT2D eigenvalue weighted by Crippen LogP contribution is -2.34. The second-order valence-corrected chi connectivity index (χ2v) is 7.97. The molecule has 1 heterocycles. The maximum Gasteiger partial charge on any atom is 0.321 e. The number of ether oxygens (including phenoxy) is 1. The number of benzene rings is 1. The molecular formula is C20H26N4O4S. The first kappa shape index (κ1) is 22.6. The van der Waals surface area contributed by atoms with Crippen LogP contribution in [0.4, 0.5) is 5.69 Å². The Morgan fingerprint density at radius 1 is 1.45 bits per heavy atom. The minimum absolute atomic E-state index is 0.0897. The summed E-state index contributed by atoms with van der Waals surface area (Å²) >= 11 is 1.28. The largest absolute Gasteiger partial charge is 0.492 e. The minimum Gasteiger partial charge on any atom is -0.492 e. The van der Waals surface area contributed by atoms with Crippen LogP contribution in [0.15, 0.2) is 35.4 Å². The molecule has 0 bridgehead atoms. The highest BCUT2D eigenvalue weighted by molar-refractivity contribution is 8.05. The summed E-state index contributed by atoms with van der Waals surface area (Å²) in [5.41, 5.74) is 0.804. The number of aliphatic carboxylic acids is 1. The molecule has 0 spiro atoms. The molecule has 1 aromatic carbocycles. The Labute approximate surface area is 175 Å². The molecule has 2 atom stereocenters. The molecule has 2 N–H and O–H groups in total. The highest BCUT2D eigenvalue weighted by Gasteiger charge is 2.37. The van der Waals surface area contributed by atoms with E-state index in [-0.39, 0.29) is 17.7 Å².